The van der Waals surface area contributed by atoms with Crippen LogP contribution in [0, 0.1) is 5.92 Å². The van der Waals surface area contributed by atoms with Crippen LogP contribution in [-0.2, 0) is 6.42 Å². The summed E-state index contributed by atoms with van der Waals surface area (Å²) in [5.41, 5.74) is 0. The van der Waals surface area contributed by atoms with E-state index in [1.807, 2.05) is 6.07 Å². The Morgan fingerprint density at radius 1 is 1.39 bits per heavy atom. The van der Waals surface area contributed by atoms with Gasteiger partial charge in [0, 0.05) is 18.5 Å². The standard InChI is InChI=1S/C16H27NO/c1-3-14-7-4-5-9-16(14)17-13(2)10-11-15-8-6-12-18-15/h6,8,12-14,16-17H,3-5,7,9-11H2,1-2H3. The first-order valence-electron chi connectivity index (χ1n) is 7.58. The molecule has 102 valence electrons. The molecule has 3 atom stereocenters. The van der Waals surface area contributed by atoms with E-state index in [1.54, 1.807) is 6.26 Å². The molecule has 0 amide bonds. The molecule has 18 heavy (non-hydrogen) atoms. The van der Waals surface area contributed by atoms with Crippen LogP contribution in [0.1, 0.15) is 58.1 Å². The highest BCUT2D eigenvalue weighted by Crippen LogP contribution is 2.27. The van der Waals surface area contributed by atoms with Crippen molar-refractivity contribution in [1.82, 2.24) is 5.32 Å². The van der Waals surface area contributed by atoms with Crippen LogP contribution in [0.25, 0.3) is 0 Å². The molecule has 1 fully saturated rings. The van der Waals surface area contributed by atoms with Gasteiger partial charge in [-0.15, -0.1) is 0 Å². The maximum Gasteiger partial charge on any atom is 0.103 e. The van der Waals surface area contributed by atoms with Gasteiger partial charge >= 0.3 is 0 Å². The lowest BCUT2D eigenvalue weighted by molar-refractivity contribution is 0.236. The van der Waals surface area contributed by atoms with Crippen molar-refractivity contribution in [2.45, 2.75) is 70.9 Å². The quantitative estimate of drug-likeness (QED) is 0.819. The van der Waals surface area contributed by atoms with Crippen LogP contribution >= 0.6 is 0 Å². The predicted molar refractivity (Wildman–Crippen MR) is 75.7 cm³/mol. The Morgan fingerprint density at radius 2 is 2.22 bits per heavy atom. The Morgan fingerprint density at radius 3 is 2.94 bits per heavy atom. The average Bonchev–Trinajstić information content (AvgIpc) is 2.90. The van der Waals surface area contributed by atoms with Crippen LogP contribution in [0.4, 0.5) is 0 Å². The number of rotatable bonds is 6. The molecule has 0 radical (unpaired) electrons. The molecule has 0 saturated heterocycles. The molecule has 1 saturated carbocycles. The molecule has 0 aliphatic heterocycles. The zero-order valence-corrected chi connectivity index (χ0v) is 11.8. The number of aryl methyl sites for hydroxylation is 1. The predicted octanol–water partition coefficient (Wildman–Crippen LogP) is 4.16. The second-order valence-electron chi connectivity index (χ2n) is 5.75. The summed E-state index contributed by atoms with van der Waals surface area (Å²) in [6.07, 6.45) is 10.9. The maximum atomic E-state index is 5.39. The molecule has 1 heterocycles. The minimum Gasteiger partial charge on any atom is -0.469 e. The van der Waals surface area contributed by atoms with Crippen molar-refractivity contribution in [3.05, 3.63) is 24.2 Å². The fourth-order valence-corrected chi connectivity index (χ4v) is 3.18. The normalized spacial score (nSPS) is 26.1. The van der Waals surface area contributed by atoms with Crippen LogP contribution in [0.5, 0.6) is 0 Å². The van der Waals surface area contributed by atoms with Gasteiger partial charge in [0.05, 0.1) is 6.26 Å². The van der Waals surface area contributed by atoms with Gasteiger partial charge in [-0.25, -0.2) is 0 Å². The molecule has 2 nitrogen and oxygen atoms in total. The van der Waals surface area contributed by atoms with Gasteiger partial charge in [0.2, 0.25) is 0 Å². The van der Waals surface area contributed by atoms with Crippen molar-refractivity contribution in [2.75, 3.05) is 0 Å². The van der Waals surface area contributed by atoms with Gasteiger partial charge in [0.15, 0.2) is 0 Å². The summed E-state index contributed by atoms with van der Waals surface area (Å²) in [7, 11) is 0. The van der Waals surface area contributed by atoms with E-state index < -0.39 is 0 Å². The topological polar surface area (TPSA) is 25.2 Å². The molecule has 0 spiro atoms. The molecule has 2 heteroatoms. The first kappa shape index (κ1) is 13.7. The molecular formula is C16H27NO. The number of hydrogen-bond acceptors (Lipinski definition) is 2. The second-order valence-corrected chi connectivity index (χ2v) is 5.75. The lowest BCUT2D eigenvalue weighted by Crippen LogP contribution is -2.43. The van der Waals surface area contributed by atoms with E-state index in [4.69, 9.17) is 4.42 Å². The van der Waals surface area contributed by atoms with Gasteiger partial charge in [0.25, 0.3) is 0 Å². The van der Waals surface area contributed by atoms with E-state index in [0.717, 1.165) is 24.1 Å². The van der Waals surface area contributed by atoms with Crippen molar-refractivity contribution in [3.63, 3.8) is 0 Å². The van der Waals surface area contributed by atoms with Crippen LogP contribution in [-0.4, -0.2) is 12.1 Å². The molecule has 1 N–H and O–H groups in total. The lowest BCUT2D eigenvalue weighted by atomic mass is 9.82. The molecule has 1 aliphatic carbocycles. The summed E-state index contributed by atoms with van der Waals surface area (Å²) in [4.78, 5) is 0. The number of hydrogen-bond donors (Lipinski definition) is 1. The van der Waals surface area contributed by atoms with Gasteiger partial charge in [-0.3, -0.25) is 0 Å². The molecule has 1 aromatic heterocycles. The summed E-state index contributed by atoms with van der Waals surface area (Å²) in [5.74, 6) is 2.00. The second kappa shape index (κ2) is 6.98. The zero-order valence-electron chi connectivity index (χ0n) is 11.8. The first-order chi connectivity index (χ1) is 8.79. The Kier molecular flexibility index (Phi) is 5.30. The highest BCUT2D eigenvalue weighted by atomic mass is 16.3. The SMILES string of the molecule is CCC1CCCCC1NC(C)CCc1ccco1. The minimum absolute atomic E-state index is 0.590. The third-order valence-electron chi connectivity index (χ3n) is 4.34. The monoisotopic (exact) mass is 249 g/mol. The van der Waals surface area contributed by atoms with Gasteiger partial charge in [-0.05, 0) is 44.2 Å². The Bertz CT molecular complexity index is 320. The molecule has 1 aliphatic rings. The zero-order chi connectivity index (χ0) is 12.8. The van der Waals surface area contributed by atoms with Crippen LogP contribution in [0.15, 0.2) is 22.8 Å². The number of nitrogens with one attached hydrogen (secondary N) is 1. The summed E-state index contributed by atoms with van der Waals surface area (Å²) in [6.45, 7) is 4.64. The third-order valence-corrected chi connectivity index (χ3v) is 4.34. The summed E-state index contributed by atoms with van der Waals surface area (Å²) < 4.78 is 5.39. The molecule has 2 rings (SSSR count). The Hall–Kier alpha value is -0.760. The van der Waals surface area contributed by atoms with Crippen molar-refractivity contribution in [1.29, 1.82) is 0 Å². The van der Waals surface area contributed by atoms with Gasteiger partial charge in [-0.2, -0.15) is 0 Å². The van der Waals surface area contributed by atoms with Gasteiger partial charge < -0.3 is 9.73 Å². The smallest absolute Gasteiger partial charge is 0.103 e. The van der Waals surface area contributed by atoms with Crippen LogP contribution in [0.3, 0.4) is 0 Å². The fourth-order valence-electron chi connectivity index (χ4n) is 3.18. The molecule has 0 bridgehead atoms. The lowest BCUT2D eigenvalue weighted by Gasteiger charge is -2.34. The Labute approximate surface area is 111 Å². The third kappa shape index (κ3) is 3.88. The van der Waals surface area contributed by atoms with Gasteiger partial charge in [-0.1, -0.05) is 26.2 Å². The van der Waals surface area contributed by atoms with Crippen molar-refractivity contribution in [3.8, 4) is 0 Å². The van der Waals surface area contributed by atoms with Gasteiger partial charge in [0.1, 0.15) is 5.76 Å². The largest absolute Gasteiger partial charge is 0.469 e. The van der Waals surface area contributed by atoms with Crippen LogP contribution < -0.4 is 5.32 Å². The molecule has 0 aromatic carbocycles. The Balaban J connectivity index is 1.73. The van der Waals surface area contributed by atoms with Crippen molar-refractivity contribution >= 4 is 0 Å². The summed E-state index contributed by atoms with van der Waals surface area (Å²) in [5, 5.41) is 3.84. The first-order valence-corrected chi connectivity index (χ1v) is 7.58. The molecule has 1 aromatic rings. The fraction of sp³-hybridized carbons (Fsp3) is 0.750. The van der Waals surface area contributed by atoms with E-state index in [2.05, 4.69) is 25.2 Å². The number of furan rings is 1. The van der Waals surface area contributed by atoms with E-state index in [0.29, 0.717) is 6.04 Å². The van der Waals surface area contributed by atoms with Crippen LogP contribution in [0.2, 0.25) is 0 Å². The highest BCUT2D eigenvalue weighted by Gasteiger charge is 2.24. The van der Waals surface area contributed by atoms with E-state index in [1.165, 1.54) is 38.5 Å². The average molecular weight is 249 g/mol. The molecule has 3 unspecified atom stereocenters. The summed E-state index contributed by atoms with van der Waals surface area (Å²) >= 11 is 0. The van der Waals surface area contributed by atoms with Crippen molar-refractivity contribution < 1.29 is 4.42 Å². The summed E-state index contributed by atoms with van der Waals surface area (Å²) in [6, 6.07) is 5.38. The maximum absolute atomic E-state index is 5.39. The van der Waals surface area contributed by atoms with E-state index in [-0.39, 0.29) is 0 Å². The highest BCUT2D eigenvalue weighted by molar-refractivity contribution is 4.98. The van der Waals surface area contributed by atoms with Crippen molar-refractivity contribution in [2.24, 2.45) is 5.92 Å². The van der Waals surface area contributed by atoms with E-state index >= 15 is 0 Å². The minimum atomic E-state index is 0.590. The molecular weight excluding hydrogens is 222 g/mol. The van der Waals surface area contributed by atoms with E-state index in [9.17, 15) is 0 Å².